The Bertz CT molecular complexity index is 361. The lowest BCUT2D eigenvalue weighted by atomic mass is 10.00. The van der Waals surface area contributed by atoms with Crippen LogP contribution in [0.4, 0.5) is 0 Å². The number of aromatic hydroxyl groups is 1. The van der Waals surface area contributed by atoms with Gasteiger partial charge in [0, 0.05) is 12.8 Å². The number of aliphatic hydroxyl groups excluding tert-OH is 1. The minimum Gasteiger partial charge on any atom is -0.508 e. The molecule has 0 spiro atoms. The lowest BCUT2D eigenvalue weighted by Crippen LogP contribution is -2.23. The first kappa shape index (κ1) is 13.7. The standard InChI is InChI=1S/C12H17NO4/c1-8(6-11(17-13)7-12(15)16)9-2-4-10(14)5-3-9/h2-5,11-12,14-16H,1,6-7,13H2. The fraction of sp³-hybridized carbons (Fsp3) is 0.333. The molecule has 94 valence electrons. The van der Waals surface area contributed by atoms with Crippen molar-refractivity contribution in [3.05, 3.63) is 36.4 Å². The maximum Gasteiger partial charge on any atom is 0.154 e. The van der Waals surface area contributed by atoms with E-state index in [-0.39, 0.29) is 12.2 Å². The number of rotatable bonds is 6. The summed E-state index contributed by atoms with van der Waals surface area (Å²) in [7, 11) is 0. The van der Waals surface area contributed by atoms with Crippen molar-refractivity contribution in [1.29, 1.82) is 0 Å². The molecule has 1 rings (SSSR count). The van der Waals surface area contributed by atoms with Crippen LogP contribution < -0.4 is 5.90 Å². The van der Waals surface area contributed by atoms with Crippen LogP contribution in [-0.2, 0) is 4.84 Å². The molecule has 17 heavy (non-hydrogen) atoms. The van der Waals surface area contributed by atoms with Crippen LogP contribution in [0.5, 0.6) is 5.75 Å². The molecular formula is C12H17NO4. The predicted octanol–water partition coefficient (Wildman–Crippen LogP) is 0.755. The average molecular weight is 239 g/mol. The maximum absolute atomic E-state index is 9.14. The Kier molecular flexibility index (Phi) is 5.11. The van der Waals surface area contributed by atoms with Gasteiger partial charge in [0.15, 0.2) is 6.29 Å². The number of aliphatic hydroxyl groups is 2. The SMILES string of the molecule is C=C(CC(CC(O)O)ON)c1ccc(O)cc1. The fourth-order valence-corrected chi connectivity index (χ4v) is 1.51. The number of benzene rings is 1. The quantitative estimate of drug-likeness (QED) is 0.434. The molecule has 0 aliphatic carbocycles. The van der Waals surface area contributed by atoms with Crippen molar-refractivity contribution in [3.63, 3.8) is 0 Å². The molecule has 0 amide bonds. The molecule has 1 aromatic carbocycles. The first-order chi connectivity index (χ1) is 8.02. The highest BCUT2D eigenvalue weighted by Crippen LogP contribution is 2.22. The largest absolute Gasteiger partial charge is 0.508 e. The number of phenolic OH excluding ortho intramolecular Hbond substituents is 1. The summed E-state index contributed by atoms with van der Waals surface area (Å²) in [6, 6.07) is 6.56. The lowest BCUT2D eigenvalue weighted by molar-refractivity contribution is -0.0833. The number of nitrogens with two attached hydrogens (primary N) is 1. The molecular weight excluding hydrogens is 222 g/mol. The second-order valence-corrected chi connectivity index (χ2v) is 3.83. The van der Waals surface area contributed by atoms with E-state index < -0.39 is 12.4 Å². The lowest BCUT2D eigenvalue weighted by Gasteiger charge is -2.17. The molecule has 0 heterocycles. The van der Waals surface area contributed by atoms with Gasteiger partial charge in [0.05, 0.1) is 6.10 Å². The van der Waals surface area contributed by atoms with Crippen LogP contribution in [0.2, 0.25) is 0 Å². The molecule has 0 saturated heterocycles. The smallest absolute Gasteiger partial charge is 0.154 e. The van der Waals surface area contributed by atoms with Crippen LogP contribution in [0.3, 0.4) is 0 Å². The first-order valence-corrected chi connectivity index (χ1v) is 5.21. The Labute approximate surface area is 99.7 Å². The molecule has 0 aromatic heterocycles. The highest BCUT2D eigenvalue weighted by atomic mass is 16.6. The molecule has 1 atom stereocenters. The molecule has 0 bridgehead atoms. The van der Waals surface area contributed by atoms with Crippen LogP contribution in [0, 0.1) is 0 Å². The highest BCUT2D eigenvalue weighted by molar-refractivity contribution is 5.64. The van der Waals surface area contributed by atoms with Gasteiger partial charge in [-0.25, -0.2) is 5.90 Å². The van der Waals surface area contributed by atoms with Crippen LogP contribution in [0.15, 0.2) is 30.8 Å². The average Bonchev–Trinajstić information content (AvgIpc) is 2.28. The fourth-order valence-electron chi connectivity index (χ4n) is 1.51. The van der Waals surface area contributed by atoms with E-state index in [2.05, 4.69) is 11.4 Å². The van der Waals surface area contributed by atoms with E-state index in [1.807, 2.05) is 0 Å². The van der Waals surface area contributed by atoms with Gasteiger partial charge in [-0.1, -0.05) is 18.7 Å². The molecule has 0 radical (unpaired) electrons. The van der Waals surface area contributed by atoms with Gasteiger partial charge in [0.2, 0.25) is 0 Å². The summed E-state index contributed by atoms with van der Waals surface area (Å²) in [4.78, 5) is 4.65. The Morgan fingerprint density at radius 3 is 2.35 bits per heavy atom. The third kappa shape index (κ3) is 4.54. The first-order valence-electron chi connectivity index (χ1n) is 5.21. The molecule has 5 nitrogen and oxygen atoms in total. The normalized spacial score (nSPS) is 12.7. The van der Waals surface area contributed by atoms with E-state index in [9.17, 15) is 0 Å². The minimum absolute atomic E-state index is 0.0214. The second-order valence-electron chi connectivity index (χ2n) is 3.83. The molecule has 0 aliphatic heterocycles. The summed E-state index contributed by atoms with van der Waals surface area (Å²) >= 11 is 0. The topological polar surface area (TPSA) is 95.9 Å². The van der Waals surface area contributed by atoms with E-state index in [1.165, 1.54) is 0 Å². The van der Waals surface area contributed by atoms with Crippen molar-refractivity contribution in [1.82, 2.24) is 0 Å². The molecule has 1 aromatic rings. The van der Waals surface area contributed by atoms with Gasteiger partial charge < -0.3 is 20.2 Å². The van der Waals surface area contributed by atoms with Crippen molar-refractivity contribution in [2.75, 3.05) is 0 Å². The van der Waals surface area contributed by atoms with Crippen molar-refractivity contribution < 1.29 is 20.2 Å². The number of hydrogen-bond acceptors (Lipinski definition) is 5. The summed E-state index contributed by atoms with van der Waals surface area (Å²) in [5, 5.41) is 26.8. The van der Waals surface area contributed by atoms with Gasteiger partial charge in [0.25, 0.3) is 0 Å². The van der Waals surface area contributed by atoms with Crippen LogP contribution in [0.25, 0.3) is 5.57 Å². The van der Waals surface area contributed by atoms with E-state index in [0.29, 0.717) is 6.42 Å². The highest BCUT2D eigenvalue weighted by Gasteiger charge is 2.14. The monoisotopic (exact) mass is 239 g/mol. The summed E-state index contributed by atoms with van der Waals surface area (Å²) < 4.78 is 0. The van der Waals surface area contributed by atoms with Crippen LogP contribution in [-0.4, -0.2) is 27.7 Å². The van der Waals surface area contributed by atoms with E-state index in [4.69, 9.17) is 21.2 Å². The number of hydrogen-bond donors (Lipinski definition) is 4. The van der Waals surface area contributed by atoms with Gasteiger partial charge in [-0.3, -0.25) is 0 Å². The van der Waals surface area contributed by atoms with Crippen LogP contribution in [0.1, 0.15) is 18.4 Å². The van der Waals surface area contributed by atoms with E-state index >= 15 is 0 Å². The second kappa shape index (κ2) is 6.36. The zero-order chi connectivity index (χ0) is 12.8. The summed E-state index contributed by atoms with van der Waals surface area (Å²) in [6.45, 7) is 3.87. The molecule has 5 N–H and O–H groups in total. The zero-order valence-corrected chi connectivity index (χ0v) is 9.41. The molecule has 0 aliphatic rings. The van der Waals surface area contributed by atoms with Gasteiger partial charge in [0.1, 0.15) is 5.75 Å². The third-order valence-corrected chi connectivity index (χ3v) is 2.42. The molecule has 1 unspecified atom stereocenters. The Morgan fingerprint density at radius 2 is 1.88 bits per heavy atom. The Balaban J connectivity index is 2.61. The van der Waals surface area contributed by atoms with Crippen molar-refractivity contribution in [2.45, 2.75) is 25.2 Å². The molecule has 5 heteroatoms. The molecule has 0 saturated carbocycles. The Hall–Kier alpha value is -1.40. The maximum atomic E-state index is 9.14. The van der Waals surface area contributed by atoms with E-state index in [1.54, 1.807) is 24.3 Å². The van der Waals surface area contributed by atoms with Gasteiger partial charge in [-0.2, -0.15) is 0 Å². The molecule has 0 fully saturated rings. The van der Waals surface area contributed by atoms with Gasteiger partial charge >= 0.3 is 0 Å². The minimum atomic E-state index is -1.46. The summed E-state index contributed by atoms with van der Waals surface area (Å²) in [6.07, 6.45) is -1.56. The zero-order valence-electron chi connectivity index (χ0n) is 9.41. The Morgan fingerprint density at radius 1 is 1.29 bits per heavy atom. The van der Waals surface area contributed by atoms with Crippen molar-refractivity contribution in [2.24, 2.45) is 5.90 Å². The number of phenols is 1. The van der Waals surface area contributed by atoms with Crippen molar-refractivity contribution in [3.8, 4) is 5.75 Å². The third-order valence-electron chi connectivity index (χ3n) is 2.42. The predicted molar refractivity (Wildman–Crippen MR) is 63.7 cm³/mol. The van der Waals surface area contributed by atoms with Gasteiger partial charge in [-0.15, -0.1) is 0 Å². The summed E-state index contributed by atoms with van der Waals surface area (Å²) in [5.74, 6) is 5.25. The summed E-state index contributed by atoms with van der Waals surface area (Å²) in [5.41, 5.74) is 1.60. The van der Waals surface area contributed by atoms with E-state index in [0.717, 1.165) is 11.1 Å². The van der Waals surface area contributed by atoms with Gasteiger partial charge in [-0.05, 0) is 23.3 Å². The van der Waals surface area contributed by atoms with Crippen molar-refractivity contribution >= 4 is 5.57 Å². The van der Waals surface area contributed by atoms with Crippen LogP contribution >= 0.6 is 0 Å².